The van der Waals surface area contributed by atoms with Gasteiger partial charge in [0.15, 0.2) is 9.84 Å². The zero-order valence-corrected chi connectivity index (χ0v) is 18.4. The van der Waals surface area contributed by atoms with E-state index >= 15 is 0 Å². The Balaban J connectivity index is 1.51. The molecular weight excluding hydrogens is 408 g/mol. The van der Waals surface area contributed by atoms with Gasteiger partial charge in [0.2, 0.25) is 0 Å². The maximum atomic E-state index is 12.9. The van der Waals surface area contributed by atoms with Crippen molar-refractivity contribution in [1.82, 2.24) is 15.3 Å². The predicted octanol–water partition coefficient (Wildman–Crippen LogP) is 3.30. The Morgan fingerprint density at radius 1 is 1.17 bits per heavy atom. The molecule has 1 saturated heterocycles. The number of aryl methyl sites for hydroxylation is 1. The van der Waals surface area contributed by atoms with E-state index in [2.05, 4.69) is 20.6 Å². The molecule has 2 aromatic rings. The van der Waals surface area contributed by atoms with Gasteiger partial charge in [-0.15, -0.1) is 11.3 Å². The first-order chi connectivity index (χ1) is 13.9. The van der Waals surface area contributed by atoms with E-state index in [1.54, 1.807) is 0 Å². The summed E-state index contributed by atoms with van der Waals surface area (Å²) in [7, 11) is -2.90. The normalized spacial score (nSPS) is 22.4. The second-order valence-electron chi connectivity index (χ2n) is 8.27. The van der Waals surface area contributed by atoms with E-state index in [0.717, 1.165) is 28.6 Å². The predicted molar refractivity (Wildman–Crippen MR) is 116 cm³/mol. The number of sulfone groups is 1. The molecule has 3 heterocycles. The summed E-state index contributed by atoms with van der Waals surface area (Å²) in [6.07, 6.45) is 9.13. The monoisotopic (exact) mass is 436 g/mol. The number of nitrogens with one attached hydrogen (secondary N) is 2. The number of hydrogen-bond acceptors (Lipinski definition) is 7. The van der Waals surface area contributed by atoms with Crippen LogP contribution >= 0.6 is 11.3 Å². The van der Waals surface area contributed by atoms with Crippen LogP contribution in [0.15, 0.2) is 6.33 Å². The molecule has 7 nitrogen and oxygen atoms in total. The van der Waals surface area contributed by atoms with Crippen LogP contribution in [0, 0.1) is 12.8 Å². The van der Waals surface area contributed by atoms with E-state index < -0.39 is 9.84 Å². The minimum absolute atomic E-state index is 0.0229. The second-order valence-corrected chi connectivity index (χ2v) is 11.5. The number of thiophene rings is 1. The molecule has 0 radical (unpaired) electrons. The molecule has 1 aliphatic heterocycles. The van der Waals surface area contributed by atoms with E-state index in [0.29, 0.717) is 23.7 Å². The van der Waals surface area contributed by atoms with Crippen LogP contribution in [-0.2, 0) is 9.84 Å². The topological polar surface area (TPSA) is 101 Å². The van der Waals surface area contributed by atoms with Gasteiger partial charge in [0.25, 0.3) is 5.91 Å². The van der Waals surface area contributed by atoms with Gasteiger partial charge in [0.05, 0.1) is 21.8 Å². The highest BCUT2D eigenvalue weighted by molar-refractivity contribution is 7.91. The molecule has 29 heavy (non-hydrogen) atoms. The molecule has 1 atom stereocenters. The van der Waals surface area contributed by atoms with Crippen molar-refractivity contribution in [1.29, 1.82) is 0 Å². The van der Waals surface area contributed by atoms with E-state index in [1.165, 1.54) is 43.3 Å². The fourth-order valence-corrected chi connectivity index (χ4v) is 7.28. The zero-order valence-electron chi connectivity index (χ0n) is 16.7. The van der Waals surface area contributed by atoms with Crippen molar-refractivity contribution >= 4 is 43.1 Å². The third kappa shape index (κ3) is 4.71. The number of nitrogens with zero attached hydrogens (tertiary/aromatic N) is 2. The van der Waals surface area contributed by atoms with E-state index in [-0.39, 0.29) is 29.4 Å². The van der Waals surface area contributed by atoms with Crippen LogP contribution in [0.25, 0.3) is 10.2 Å². The number of aromatic nitrogens is 2. The average Bonchev–Trinajstić information content (AvgIpc) is 3.09. The second kappa shape index (κ2) is 8.55. The Kier molecular flexibility index (Phi) is 6.06. The van der Waals surface area contributed by atoms with Gasteiger partial charge in [-0.1, -0.05) is 25.7 Å². The Morgan fingerprint density at radius 2 is 1.93 bits per heavy atom. The van der Waals surface area contributed by atoms with Crippen molar-refractivity contribution in [2.24, 2.45) is 5.92 Å². The van der Waals surface area contributed by atoms with Crippen molar-refractivity contribution in [3.05, 3.63) is 16.8 Å². The fraction of sp³-hybridized carbons (Fsp3) is 0.650. The van der Waals surface area contributed by atoms with E-state index in [1.807, 2.05) is 6.92 Å². The highest BCUT2D eigenvalue weighted by atomic mass is 32.2. The lowest BCUT2D eigenvalue weighted by Crippen LogP contribution is -2.34. The molecule has 1 amide bonds. The lowest BCUT2D eigenvalue weighted by molar-refractivity contribution is 0.0937. The number of amides is 1. The Bertz CT molecular complexity index is 995. The van der Waals surface area contributed by atoms with Crippen LogP contribution in [0.2, 0.25) is 0 Å². The summed E-state index contributed by atoms with van der Waals surface area (Å²) in [4.78, 5) is 23.1. The lowest BCUT2D eigenvalue weighted by atomic mass is 10.1. The Labute approximate surface area is 175 Å². The smallest absolute Gasteiger partial charge is 0.261 e. The first-order valence-corrected chi connectivity index (χ1v) is 13.1. The van der Waals surface area contributed by atoms with Gasteiger partial charge in [-0.3, -0.25) is 4.79 Å². The first kappa shape index (κ1) is 20.5. The quantitative estimate of drug-likeness (QED) is 0.698. The van der Waals surface area contributed by atoms with Crippen molar-refractivity contribution < 1.29 is 13.2 Å². The van der Waals surface area contributed by atoms with Crippen molar-refractivity contribution in [3.63, 3.8) is 0 Å². The minimum atomic E-state index is -2.90. The van der Waals surface area contributed by atoms with Gasteiger partial charge >= 0.3 is 0 Å². The Hall–Kier alpha value is -1.74. The van der Waals surface area contributed by atoms with Crippen molar-refractivity contribution in [2.75, 3.05) is 23.4 Å². The van der Waals surface area contributed by atoms with Gasteiger partial charge in [0, 0.05) is 12.6 Å². The van der Waals surface area contributed by atoms with Crippen LogP contribution in [0.5, 0.6) is 0 Å². The maximum absolute atomic E-state index is 12.9. The number of rotatable bonds is 5. The molecule has 9 heteroatoms. The molecule has 2 aromatic heterocycles. The van der Waals surface area contributed by atoms with Crippen molar-refractivity contribution in [3.8, 4) is 0 Å². The summed E-state index contributed by atoms with van der Waals surface area (Å²) in [5.41, 5.74) is 0.887. The number of fused-ring (bicyclic) bond motifs is 1. The van der Waals surface area contributed by atoms with Crippen LogP contribution < -0.4 is 10.6 Å². The molecular formula is C20H28N4O3S2. The largest absolute Gasteiger partial charge is 0.369 e. The number of carbonyl (C=O) groups excluding carboxylic acids is 1. The number of hydrogen-bond donors (Lipinski definition) is 2. The Morgan fingerprint density at radius 3 is 2.62 bits per heavy atom. The summed E-state index contributed by atoms with van der Waals surface area (Å²) in [6, 6.07) is 0.252. The van der Waals surface area contributed by atoms with Gasteiger partial charge in [-0.05, 0) is 37.7 Å². The standard InChI is InChI=1S/C20H28N4O3S2/c1-13-16-18(21-10-14-8-9-29(26,27)11-14)22-12-23-20(16)28-17(13)19(25)24-15-6-4-2-3-5-7-15/h12,14-15H,2-11H2,1H3,(H,24,25)(H,21,22,23)/t14-/m0/s1. The molecule has 2 fully saturated rings. The molecule has 0 bridgehead atoms. The SMILES string of the molecule is Cc1c(C(=O)NC2CCCCCC2)sc2ncnc(NC[C@@H]3CCS(=O)(=O)C3)c12. The van der Waals surface area contributed by atoms with Crippen LogP contribution in [0.3, 0.4) is 0 Å². The summed E-state index contributed by atoms with van der Waals surface area (Å²) in [5.74, 6) is 1.25. The first-order valence-electron chi connectivity index (χ1n) is 10.4. The summed E-state index contributed by atoms with van der Waals surface area (Å²) >= 11 is 1.40. The molecule has 2 N–H and O–H groups in total. The molecule has 1 saturated carbocycles. The highest BCUT2D eigenvalue weighted by Gasteiger charge is 2.28. The lowest BCUT2D eigenvalue weighted by Gasteiger charge is -2.15. The van der Waals surface area contributed by atoms with E-state index in [9.17, 15) is 13.2 Å². The van der Waals surface area contributed by atoms with Crippen LogP contribution in [-0.4, -0.2) is 48.4 Å². The fourth-order valence-electron chi connectivity index (χ4n) is 4.37. The van der Waals surface area contributed by atoms with Crippen LogP contribution in [0.4, 0.5) is 5.82 Å². The summed E-state index contributed by atoms with van der Waals surface area (Å²) in [6.45, 7) is 2.50. The van der Waals surface area contributed by atoms with Gasteiger partial charge in [-0.2, -0.15) is 0 Å². The molecule has 0 unspecified atom stereocenters. The molecule has 2 aliphatic rings. The molecule has 0 spiro atoms. The molecule has 0 aromatic carbocycles. The zero-order chi connectivity index (χ0) is 20.4. The van der Waals surface area contributed by atoms with Crippen LogP contribution in [0.1, 0.15) is 60.2 Å². The minimum Gasteiger partial charge on any atom is -0.369 e. The van der Waals surface area contributed by atoms with Gasteiger partial charge in [-0.25, -0.2) is 18.4 Å². The molecule has 158 valence electrons. The molecule has 4 rings (SSSR count). The average molecular weight is 437 g/mol. The van der Waals surface area contributed by atoms with E-state index in [4.69, 9.17) is 0 Å². The maximum Gasteiger partial charge on any atom is 0.261 e. The number of anilines is 1. The van der Waals surface area contributed by atoms with Gasteiger partial charge < -0.3 is 10.6 Å². The third-order valence-electron chi connectivity index (χ3n) is 6.01. The summed E-state index contributed by atoms with van der Waals surface area (Å²) in [5, 5.41) is 7.39. The van der Waals surface area contributed by atoms with Gasteiger partial charge in [0.1, 0.15) is 17.0 Å². The summed E-state index contributed by atoms with van der Waals surface area (Å²) < 4.78 is 23.4. The molecule has 1 aliphatic carbocycles. The highest BCUT2D eigenvalue weighted by Crippen LogP contribution is 2.34. The van der Waals surface area contributed by atoms with Crippen molar-refractivity contribution in [2.45, 2.75) is 57.9 Å². The number of carbonyl (C=O) groups is 1. The third-order valence-corrected chi connectivity index (χ3v) is 9.04.